The van der Waals surface area contributed by atoms with E-state index in [-0.39, 0.29) is 12.5 Å². The minimum Gasteiger partial charge on any atom is -0.484 e. The van der Waals surface area contributed by atoms with Crippen LogP contribution in [0.2, 0.25) is 5.02 Å². The number of hydrogen-bond acceptors (Lipinski definition) is 3. The molecule has 0 radical (unpaired) electrons. The Kier molecular flexibility index (Phi) is 5.94. The third-order valence-electron chi connectivity index (χ3n) is 4.54. The van der Waals surface area contributed by atoms with E-state index in [2.05, 4.69) is 22.8 Å². The van der Waals surface area contributed by atoms with Crippen molar-refractivity contribution >= 4 is 17.5 Å². The largest absolute Gasteiger partial charge is 0.484 e. The zero-order chi connectivity index (χ0) is 16.8. The highest BCUT2D eigenvalue weighted by Crippen LogP contribution is 2.27. The average Bonchev–Trinajstić information content (AvgIpc) is 2.63. The van der Waals surface area contributed by atoms with Crippen molar-refractivity contribution in [2.75, 3.05) is 19.7 Å². The summed E-state index contributed by atoms with van der Waals surface area (Å²) in [6, 6.07) is 6.97. The van der Waals surface area contributed by atoms with Crippen LogP contribution in [0.5, 0.6) is 5.75 Å². The van der Waals surface area contributed by atoms with Crippen molar-refractivity contribution in [2.24, 2.45) is 11.8 Å². The average molecular weight is 347 g/mol. The molecular weight excluding hydrogens is 324 g/mol. The molecule has 1 aliphatic carbocycles. The maximum Gasteiger partial charge on any atom is 0.262 e. The van der Waals surface area contributed by atoms with E-state index in [1.807, 2.05) is 6.08 Å². The van der Waals surface area contributed by atoms with Crippen LogP contribution >= 0.6 is 11.6 Å². The molecule has 4 nitrogen and oxygen atoms in total. The molecule has 0 saturated carbocycles. The molecule has 5 heteroatoms. The number of ether oxygens (including phenoxy) is 1. The van der Waals surface area contributed by atoms with E-state index in [1.165, 1.54) is 12.8 Å². The number of halogens is 1. The van der Waals surface area contributed by atoms with E-state index in [1.54, 1.807) is 24.3 Å². The third-order valence-corrected chi connectivity index (χ3v) is 4.79. The van der Waals surface area contributed by atoms with Gasteiger partial charge < -0.3 is 15.4 Å². The minimum atomic E-state index is -0.154. The Morgan fingerprint density at radius 1 is 1.33 bits per heavy atom. The summed E-state index contributed by atoms with van der Waals surface area (Å²) in [7, 11) is 0. The van der Waals surface area contributed by atoms with Crippen LogP contribution < -0.4 is 15.4 Å². The Morgan fingerprint density at radius 2 is 2.17 bits per heavy atom. The van der Waals surface area contributed by atoms with Gasteiger partial charge in [-0.15, -0.1) is 0 Å². The van der Waals surface area contributed by atoms with Crippen LogP contribution in [0.25, 0.3) is 0 Å². The lowest BCUT2D eigenvalue weighted by Gasteiger charge is -2.30. The SMILES string of the molecule is O=C(COc1ccc(Cl)cc1)NC1=CCC([C@@H]2CCCNC2)C=C1. The first-order valence-electron chi connectivity index (χ1n) is 8.48. The Labute approximate surface area is 147 Å². The van der Waals surface area contributed by atoms with E-state index in [9.17, 15) is 4.79 Å². The number of carbonyl (C=O) groups excluding carboxylic acids is 1. The second-order valence-electron chi connectivity index (χ2n) is 6.32. The molecule has 2 aliphatic rings. The van der Waals surface area contributed by atoms with Crippen molar-refractivity contribution in [3.05, 3.63) is 53.2 Å². The third kappa shape index (κ3) is 4.86. The molecule has 0 bridgehead atoms. The van der Waals surface area contributed by atoms with Gasteiger partial charge in [-0.05, 0) is 74.5 Å². The zero-order valence-electron chi connectivity index (χ0n) is 13.6. The lowest BCUT2D eigenvalue weighted by atomic mass is 9.82. The Bertz CT molecular complexity index is 619. The van der Waals surface area contributed by atoms with E-state index in [4.69, 9.17) is 16.3 Å². The molecule has 2 atom stereocenters. The Hall–Kier alpha value is -1.78. The van der Waals surface area contributed by atoms with E-state index >= 15 is 0 Å². The van der Waals surface area contributed by atoms with Crippen molar-refractivity contribution in [2.45, 2.75) is 19.3 Å². The molecule has 0 aromatic heterocycles. The van der Waals surface area contributed by atoms with Gasteiger partial charge in [-0.3, -0.25) is 4.79 Å². The smallest absolute Gasteiger partial charge is 0.262 e. The monoisotopic (exact) mass is 346 g/mol. The van der Waals surface area contributed by atoms with Crippen LogP contribution in [-0.2, 0) is 4.79 Å². The van der Waals surface area contributed by atoms with Gasteiger partial charge >= 0.3 is 0 Å². The number of carbonyl (C=O) groups is 1. The van der Waals surface area contributed by atoms with Gasteiger partial charge in [-0.1, -0.05) is 23.8 Å². The van der Waals surface area contributed by atoms with Gasteiger partial charge in [-0.2, -0.15) is 0 Å². The van der Waals surface area contributed by atoms with E-state index < -0.39 is 0 Å². The van der Waals surface area contributed by atoms with Gasteiger partial charge in [0.05, 0.1) is 0 Å². The summed E-state index contributed by atoms with van der Waals surface area (Å²) in [5.74, 6) is 1.76. The van der Waals surface area contributed by atoms with Crippen molar-refractivity contribution in [3.8, 4) is 5.75 Å². The number of piperidine rings is 1. The molecule has 1 unspecified atom stereocenters. The van der Waals surface area contributed by atoms with Crippen LogP contribution in [-0.4, -0.2) is 25.6 Å². The van der Waals surface area contributed by atoms with Crippen molar-refractivity contribution in [3.63, 3.8) is 0 Å². The number of benzene rings is 1. The summed E-state index contributed by atoms with van der Waals surface area (Å²) in [5.41, 5.74) is 0.861. The highest BCUT2D eigenvalue weighted by atomic mass is 35.5. The number of rotatable bonds is 5. The van der Waals surface area contributed by atoms with Gasteiger partial charge in [0, 0.05) is 10.7 Å². The molecule has 2 N–H and O–H groups in total. The van der Waals surface area contributed by atoms with Crippen LogP contribution in [0.15, 0.2) is 48.2 Å². The number of nitrogens with one attached hydrogen (secondary N) is 2. The topological polar surface area (TPSA) is 50.4 Å². The molecule has 1 heterocycles. The predicted octanol–water partition coefficient (Wildman–Crippen LogP) is 3.29. The van der Waals surface area contributed by atoms with Gasteiger partial charge in [-0.25, -0.2) is 0 Å². The summed E-state index contributed by atoms with van der Waals surface area (Å²) in [6.07, 6.45) is 9.88. The van der Waals surface area contributed by atoms with Crippen molar-refractivity contribution in [1.82, 2.24) is 10.6 Å². The molecule has 1 amide bonds. The van der Waals surface area contributed by atoms with Gasteiger partial charge in [0.2, 0.25) is 0 Å². The standard InChI is InChI=1S/C19H23ClN2O2/c20-16-5-9-18(10-6-16)24-13-19(23)22-17-7-3-14(4-8-17)15-2-1-11-21-12-15/h3,5-10,14-15,21H,1-2,4,11-13H2,(H,22,23)/t14?,15-/m1/s1. The van der Waals surface area contributed by atoms with E-state index in [0.717, 1.165) is 25.2 Å². The van der Waals surface area contributed by atoms with Crippen LogP contribution in [0.3, 0.4) is 0 Å². The highest BCUT2D eigenvalue weighted by Gasteiger charge is 2.22. The van der Waals surface area contributed by atoms with Gasteiger partial charge in [0.25, 0.3) is 5.91 Å². The lowest BCUT2D eigenvalue weighted by Crippen LogP contribution is -2.34. The van der Waals surface area contributed by atoms with E-state index in [0.29, 0.717) is 22.6 Å². The molecule has 1 aromatic rings. The first kappa shape index (κ1) is 17.1. The van der Waals surface area contributed by atoms with Gasteiger partial charge in [0.1, 0.15) is 5.75 Å². The van der Waals surface area contributed by atoms with Gasteiger partial charge in [0.15, 0.2) is 6.61 Å². The fraction of sp³-hybridized carbons (Fsp3) is 0.421. The molecule has 24 heavy (non-hydrogen) atoms. The van der Waals surface area contributed by atoms with Crippen LogP contribution in [0, 0.1) is 11.8 Å². The predicted molar refractivity (Wildman–Crippen MR) is 96.0 cm³/mol. The van der Waals surface area contributed by atoms with Crippen molar-refractivity contribution < 1.29 is 9.53 Å². The maximum absolute atomic E-state index is 12.0. The quantitative estimate of drug-likeness (QED) is 0.860. The molecule has 1 aliphatic heterocycles. The summed E-state index contributed by atoms with van der Waals surface area (Å²) >= 11 is 5.82. The second-order valence-corrected chi connectivity index (χ2v) is 6.75. The summed E-state index contributed by atoms with van der Waals surface area (Å²) < 4.78 is 5.45. The minimum absolute atomic E-state index is 0.0111. The first-order chi connectivity index (χ1) is 11.7. The first-order valence-corrected chi connectivity index (χ1v) is 8.86. The Balaban J connectivity index is 1.43. The van der Waals surface area contributed by atoms with Crippen molar-refractivity contribution in [1.29, 1.82) is 0 Å². The van der Waals surface area contributed by atoms with Crippen LogP contribution in [0.1, 0.15) is 19.3 Å². The number of amides is 1. The zero-order valence-corrected chi connectivity index (χ0v) is 14.4. The fourth-order valence-corrected chi connectivity index (χ4v) is 3.33. The number of allylic oxidation sites excluding steroid dienone is 3. The van der Waals surface area contributed by atoms with Crippen LogP contribution in [0.4, 0.5) is 0 Å². The highest BCUT2D eigenvalue weighted by molar-refractivity contribution is 6.30. The fourth-order valence-electron chi connectivity index (χ4n) is 3.20. The molecule has 128 valence electrons. The Morgan fingerprint density at radius 3 is 2.83 bits per heavy atom. The molecule has 0 spiro atoms. The summed E-state index contributed by atoms with van der Waals surface area (Å²) in [5, 5.41) is 7.00. The number of hydrogen-bond donors (Lipinski definition) is 2. The lowest BCUT2D eigenvalue weighted by molar-refractivity contribution is -0.122. The molecule has 1 aromatic carbocycles. The molecule has 1 saturated heterocycles. The molecule has 1 fully saturated rings. The maximum atomic E-state index is 12.0. The normalized spacial score (nSPS) is 23.5. The summed E-state index contributed by atoms with van der Waals surface area (Å²) in [4.78, 5) is 12.0. The summed E-state index contributed by atoms with van der Waals surface area (Å²) in [6.45, 7) is 2.22. The second kappa shape index (κ2) is 8.36. The molecular formula is C19H23ClN2O2. The molecule has 3 rings (SSSR count).